The molecule has 11 heteroatoms. The van der Waals surface area contributed by atoms with E-state index in [1.54, 1.807) is 36.3 Å². The highest BCUT2D eigenvalue weighted by atomic mass is 32.2. The maximum Gasteiger partial charge on any atom is 0.233 e. The van der Waals surface area contributed by atoms with Crippen LogP contribution in [0.3, 0.4) is 0 Å². The van der Waals surface area contributed by atoms with Gasteiger partial charge in [0.25, 0.3) is 0 Å². The largest absolute Gasteiger partial charge is 0.497 e. The fourth-order valence-electron chi connectivity index (χ4n) is 4.34. The first kappa shape index (κ1) is 24.2. The number of carbonyl (C=O) groups is 1. The standard InChI is InChI=1S/C25H27N5O5S/c1-34-19-9-3-16(4-10-19)15-30-22(31)13-20-23(17-5-7-18(8-6-17)29-36(2,32)33)27-24(28-25(20)30)21-14-26-11-12-35-21/h3-10,21,26,29H,11-15H2,1-2H3. The lowest BCUT2D eigenvalue weighted by Gasteiger charge is -2.24. The Morgan fingerprint density at radius 1 is 1.14 bits per heavy atom. The van der Waals surface area contributed by atoms with Crippen LogP contribution in [0.25, 0.3) is 11.3 Å². The Labute approximate surface area is 209 Å². The van der Waals surface area contributed by atoms with E-state index in [1.165, 1.54) is 0 Å². The molecule has 1 aromatic heterocycles. The van der Waals surface area contributed by atoms with Crippen molar-refractivity contribution in [2.24, 2.45) is 0 Å². The number of nitrogens with zero attached hydrogens (tertiary/aromatic N) is 3. The van der Waals surface area contributed by atoms with Gasteiger partial charge in [-0.3, -0.25) is 14.4 Å². The fraction of sp³-hybridized carbons (Fsp3) is 0.320. The molecule has 0 saturated carbocycles. The summed E-state index contributed by atoms with van der Waals surface area (Å²) in [7, 11) is -1.78. The Bertz CT molecular complexity index is 1370. The molecule has 2 aliphatic rings. The van der Waals surface area contributed by atoms with Crippen molar-refractivity contribution in [3.63, 3.8) is 0 Å². The van der Waals surface area contributed by atoms with E-state index in [-0.39, 0.29) is 18.4 Å². The molecule has 0 aliphatic carbocycles. The van der Waals surface area contributed by atoms with Crippen LogP contribution in [-0.4, -0.2) is 57.4 Å². The van der Waals surface area contributed by atoms with Gasteiger partial charge in [-0.15, -0.1) is 0 Å². The van der Waals surface area contributed by atoms with E-state index < -0.39 is 10.0 Å². The summed E-state index contributed by atoms with van der Waals surface area (Å²) in [6.07, 6.45) is 0.937. The van der Waals surface area contributed by atoms with Gasteiger partial charge in [-0.2, -0.15) is 0 Å². The summed E-state index contributed by atoms with van der Waals surface area (Å²) in [4.78, 5) is 24.5. The normalized spacial score (nSPS) is 17.7. The Morgan fingerprint density at radius 3 is 2.53 bits per heavy atom. The lowest BCUT2D eigenvalue weighted by atomic mass is 10.0. The number of aromatic nitrogens is 2. The van der Waals surface area contributed by atoms with Gasteiger partial charge >= 0.3 is 0 Å². The van der Waals surface area contributed by atoms with E-state index >= 15 is 0 Å². The number of hydrogen-bond acceptors (Lipinski definition) is 8. The van der Waals surface area contributed by atoms with Crippen LogP contribution >= 0.6 is 0 Å². The Hall–Kier alpha value is -3.54. The van der Waals surface area contributed by atoms with Gasteiger partial charge < -0.3 is 14.8 Å². The number of carbonyl (C=O) groups excluding carboxylic acids is 1. The molecule has 1 atom stereocenters. The third kappa shape index (κ3) is 5.18. The lowest BCUT2D eigenvalue weighted by Crippen LogP contribution is -2.34. The molecule has 2 aromatic carbocycles. The van der Waals surface area contributed by atoms with E-state index in [1.807, 2.05) is 24.3 Å². The number of ether oxygens (including phenoxy) is 2. The van der Waals surface area contributed by atoms with Crippen LogP contribution in [-0.2, 0) is 32.5 Å². The summed E-state index contributed by atoms with van der Waals surface area (Å²) in [5.41, 5.74) is 3.54. The third-order valence-corrected chi connectivity index (χ3v) is 6.67. The zero-order valence-corrected chi connectivity index (χ0v) is 20.8. The van der Waals surface area contributed by atoms with Crippen molar-refractivity contribution in [3.05, 3.63) is 65.5 Å². The van der Waals surface area contributed by atoms with Gasteiger partial charge in [0.05, 0.1) is 38.6 Å². The van der Waals surface area contributed by atoms with Crippen LogP contribution in [0, 0.1) is 0 Å². The van der Waals surface area contributed by atoms with Gasteiger partial charge in [0.1, 0.15) is 17.7 Å². The molecule has 3 aromatic rings. The van der Waals surface area contributed by atoms with Crippen molar-refractivity contribution in [2.75, 3.05) is 42.7 Å². The summed E-state index contributed by atoms with van der Waals surface area (Å²) in [5.74, 6) is 1.76. The van der Waals surface area contributed by atoms with Gasteiger partial charge in [0.2, 0.25) is 15.9 Å². The Kier molecular flexibility index (Phi) is 6.61. The molecule has 1 saturated heterocycles. The van der Waals surface area contributed by atoms with Crippen LogP contribution in [0.2, 0.25) is 0 Å². The van der Waals surface area contributed by atoms with Crippen molar-refractivity contribution in [3.8, 4) is 17.0 Å². The van der Waals surface area contributed by atoms with Gasteiger partial charge in [-0.05, 0) is 29.8 Å². The Balaban J connectivity index is 1.54. The molecule has 2 aliphatic heterocycles. The number of rotatable bonds is 7. The predicted molar refractivity (Wildman–Crippen MR) is 135 cm³/mol. The summed E-state index contributed by atoms with van der Waals surface area (Å²) < 4.78 is 36.8. The molecule has 0 radical (unpaired) electrons. The first-order chi connectivity index (χ1) is 17.3. The monoisotopic (exact) mass is 509 g/mol. The van der Waals surface area contributed by atoms with Crippen LogP contribution in [0.1, 0.15) is 23.1 Å². The molecule has 36 heavy (non-hydrogen) atoms. The van der Waals surface area contributed by atoms with E-state index in [0.29, 0.717) is 42.7 Å². The number of morpholine rings is 1. The maximum absolute atomic E-state index is 13.2. The smallest absolute Gasteiger partial charge is 0.233 e. The minimum Gasteiger partial charge on any atom is -0.497 e. The fourth-order valence-corrected chi connectivity index (χ4v) is 4.90. The second-order valence-electron chi connectivity index (χ2n) is 8.75. The van der Waals surface area contributed by atoms with E-state index in [9.17, 15) is 13.2 Å². The van der Waals surface area contributed by atoms with Crippen LogP contribution in [0.4, 0.5) is 11.5 Å². The summed E-state index contributed by atoms with van der Waals surface area (Å²) in [6, 6.07) is 14.5. The van der Waals surface area contributed by atoms with Gasteiger partial charge in [-0.1, -0.05) is 24.3 Å². The first-order valence-electron chi connectivity index (χ1n) is 11.6. The molecule has 5 rings (SSSR count). The summed E-state index contributed by atoms with van der Waals surface area (Å²) in [5, 5.41) is 3.30. The molecule has 1 unspecified atom stereocenters. The average Bonchev–Trinajstić information content (AvgIpc) is 3.19. The number of methoxy groups -OCH3 is 1. The number of hydrogen-bond donors (Lipinski definition) is 2. The van der Waals surface area contributed by atoms with Crippen molar-refractivity contribution in [2.45, 2.75) is 19.1 Å². The highest BCUT2D eigenvalue weighted by Crippen LogP contribution is 2.37. The minimum absolute atomic E-state index is 0.0634. The number of amides is 1. The number of benzene rings is 2. The maximum atomic E-state index is 13.2. The highest BCUT2D eigenvalue weighted by Gasteiger charge is 2.34. The molecular weight excluding hydrogens is 482 g/mol. The van der Waals surface area contributed by atoms with Crippen LogP contribution < -0.4 is 19.7 Å². The van der Waals surface area contributed by atoms with Crippen LogP contribution in [0.5, 0.6) is 5.75 Å². The van der Waals surface area contributed by atoms with Gasteiger partial charge in [0.15, 0.2) is 5.82 Å². The van der Waals surface area contributed by atoms with Crippen molar-refractivity contribution < 1.29 is 22.7 Å². The van der Waals surface area contributed by atoms with Gasteiger partial charge in [-0.25, -0.2) is 18.4 Å². The Morgan fingerprint density at radius 2 is 1.89 bits per heavy atom. The number of nitrogens with one attached hydrogen (secondary N) is 2. The van der Waals surface area contributed by atoms with Crippen molar-refractivity contribution in [1.82, 2.24) is 15.3 Å². The second-order valence-corrected chi connectivity index (χ2v) is 10.5. The number of sulfonamides is 1. The van der Waals surface area contributed by atoms with E-state index in [2.05, 4.69) is 10.0 Å². The topological polar surface area (TPSA) is 123 Å². The zero-order chi connectivity index (χ0) is 25.3. The molecule has 0 bridgehead atoms. The second kappa shape index (κ2) is 9.84. The molecule has 1 fully saturated rings. The quantitative estimate of drug-likeness (QED) is 0.497. The highest BCUT2D eigenvalue weighted by molar-refractivity contribution is 7.92. The van der Waals surface area contributed by atoms with E-state index in [0.717, 1.165) is 35.2 Å². The molecular formula is C25H27N5O5S. The van der Waals surface area contributed by atoms with Crippen LogP contribution in [0.15, 0.2) is 48.5 Å². The zero-order valence-electron chi connectivity index (χ0n) is 20.0. The van der Waals surface area contributed by atoms with Crippen molar-refractivity contribution >= 4 is 27.4 Å². The minimum atomic E-state index is -3.39. The summed E-state index contributed by atoms with van der Waals surface area (Å²) >= 11 is 0. The van der Waals surface area contributed by atoms with Gasteiger partial charge in [0, 0.05) is 29.9 Å². The van der Waals surface area contributed by atoms with E-state index in [4.69, 9.17) is 19.4 Å². The third-order valence-electron chi connectivity index (χ3n) is 6.06. The predicted octanol–water partition coefficient (Wildman–Crippen LogP) is 2.27. The number of anilines is 2. The average molecular weight is 510 g/mol. The van der Waals surface area contributed by atoms with Crippen molar-refractivity contribution in [1.29, 1.82) is 0 Å². The SMILES string of the molecule is COc1ccc(CN2C(=O)Cc3c(-c4ccc(NS(C)(=O)=O)cc4)nc(C4CNCCO4)nc32)cc1. The number of fused-ring (bicyclic) bond motifs is 1. The molecule has 3 heterocycles. The molecule has 1 amide bonds. The molecule has 2 N–H and O–H groups in total. The molecule has 10 nitrogen and oxygen atoms in total. The lowest BCUT2D eigenvalue weighted by molar-refractivity contribution is -0.117. The molecule has 0 spiro atoms. The molecule has 188 valence electrons. The summed E-state index contributed by atoms with van der Waals surface area (Å²) in [6.45, 7) is 2.24. The first-order valence-corrected chi connectivity index (χ1v) is 13.4.